The van der Waals surface area contributed by atoms with E-state index in [0.29, 0.717) is 24.8 Å². The third kappa shape index (κ3) is 8.43. The second-order valence-electron chi connectivity index (χ2n) is 6.43. The summed E-state index contributed by atoms with van der Waals surface area (Å²) >= 11 is 0. The Hall–Kier alpha value is -0.740. The molecular weight excluding hydrogens is 252 g/mol. The zero-order chi connectivity index (χ0) is 15.7. The zero-order valence-electron chi connectivity index (χ0n) is 14.0. The summed E-state index contributed by atoms with van der Waals surface area (Å²) in [5.74, 6) is 1.34. The van der Waals surface area contributed by atoms with Crippen LogP contribution in [0.2, 0.25) is 0 Å². The van der Waals surface area contributed by atoms with Crippen molar-refractivity contribution in [3.05, 3.63) is 0 Å². The number of Topliss-reactive ketones (excluding diaryl/α,β-unsaturated/α-hetero) is 2. The van der Waals surface area contributed by atoms with Crippen molar-refractivity contribution in [3.8, 4) is 0 Å². The zero-order valence-corrected chi connectivity index (χ0v) is 14.0. The fourth-order valence-corrected chi connectivity index (χ4v) is 2.29. The third-order valence-corrected chi connectivity index (χ3v) is 3.40. The minimum atomic E-state index is -0.124. The van der Waals surface area contributed by atoms with Crippen LogP contribution >= 0.6 is 0 Å². The van der Waals surface area contributed by atoms with Gasteiger partial charge in [-0.1, -0.05) is 27.7 Å². The van der Waals surface area contributed by atoms with Crippen LogP contribution in [0.5, 0.6) is 0 Å². The Labute approximate surface area is 124 Å². The summed E-state index contributed by atoms with van der Waals surface area (Å²) < 4.78 is 0. The molecule has 0 radical (unpaired) electrons. The van der Waals surface area contributed by atoms with Crippen LogP contribution in [-0.2, 0) is 9.59 Å². The maximum atomic E-state index is 12.1. The number of carbonyl (C=O) groups is 2. The van der Waals surface area contributed by atoms with Gasteiger partial charge in [0, 0.05) is 13.0 Å². The van der Waals surface area contributed by atoms with Gasteiger partial charge in [-0.2, -0.15) is 0 Å². The maximum absolute atomic E-state index is 12.1. The van der Waals surface area contributed by atoms with E-state index < -0.39 is 0 Å². The molecule has 0 spiro atoms. The molecule has 4 heteroatoms. The maximum Gasteiger partial charge on any atom is 0.151 e. The van der Waals surface area contributed by atoms with E-state index in [1.165, 1.54) is 0 Å². The molecule has 0 saturated carbocycles. The SMILES string of the molecule is CN[C@@H](CC(C)C)C(=O)CCN[C@H](CC(C)C)C(C)=O. The fourth-order valence-electron chi connectivity index (χ4n) is 2.29. The van der Waals surface area contributed by atoms with E-state index in [4.69, 9.17) is 0 Å². The topological polar surface area (TPSA) is 58.2 Å². The molecule has 0 aliphatic heterocycles. The lowest BCUT2D eigenvalue weighted by Crippen LogP contribution is -2.40. The number of ketones is 2. The van der Waals surface area contributed by atoms with Gasteiger partial charge in [0.2, 0.25) is 0 Å². The molecule has 0 heterocycles. The molecule has 2 N–H and O–H groups in total. The van der Waals surface area contributed by atoms with E-state index in [9.17, 15) is 9.59 Å². The fraction of sp³-hybridized carbons (Fsp3) is 0.875. The van der Waals surface area contributed by atoms with Crippen molar-refractivity contribution in [2.24, 2.45) is 11.8 Å². The predicted octanol–water partition coefficient (Wildman–Crippen LogP) is 2.17. The number of hydrogen-bond donors (Lipinski definition) is 2. The molecule has 0 aromatic rings. The second kappa shape index (κ2) is 10.1. The summed E-state index contributed by atoms with van der Waals surface area (Å²) in [6.07, 6.45) is 2.16. The van der Waals surface area contributed by atoms with Crippen LogP contribution in [-0.4, -0.2) is 37.2 Å². The standard InChI is InChI=1S/C16H32N2O2/c1-11(2)9-14(13(5)19)18-8-7-16(20)15(17-6)10-12(3)4/h11-12,14-15,17-18H,7-10H2,1-6H3/t14-,15+/m1/s1. The minimum Gasteiger partial charge on any atom is -0.311 e. The normalized spacial score (nSPS) is 14.6. The molecular formula is C16H32N2O2. The van der Waals surface area contributed by atoms with Gasteiger partial charge in [0.1, 0.15) is 5.78 Å². The molecule has 2 atom stereocenters. The minimum absolute atomic E-state index is 0.0716. The van der Waals surface area contributed by atoms with Crippen molar-refractivity contribution in [1.29, 1.82) is 0 Å². The van der Waals surface area contributed by atoms with Gasteiger partial charge in [-0.15, -0.1) is 0 Å². The predicted molar refractivity (Wildman–Crippen MR) is 83.9 cm³/mol. The Bertz CT molecular complexity index is 301. The molecule has 20 heavy (non-hydrogen) atoms. The molecule has 0 aromatic heterocycles. The smallest absolute Gasteiger partial charge is 0.151 e. The third-order valence-electron chi connectivity index (χ3n) is 3.40. The van der Waals surface area contributed by atoms with Crippen molar-refractivity contribution in [2.45, 2.75) is 66.0 Å². The average Bonchev–Trinajstić information content (AvgIpc) is 2.33. The number of nitrogens with one attached hydrogen (secondary N) is 2. The molecule has 0 aliphatic carbocycles. The molecule has 0 saturated heterocycles. The molecule has 118 valence electrons. The van der Waals surface area contributed by atoms with Crippen LogP contribution in [0.1, 0.15) is 53.9 Å². The molecule has 4 nitrogen and oxygen atoms in total. The Morgan fingerprint density at radius 1 is 0.950 bits per heavy atom. The Balaban J connectivity index is 4.18. The molecule has 0 amide bonds. The molecule has 0 rings (SSSR count). The lowest BCUT2D eigenvalue weighted by atomic mass is 9.98. The first kappa shape index (κ1) is 19.3. The van der Waals surface area contributed by atoms with Gasteiger partial charge in [-0.05, 0) is 38.6 Å². The van der Waals surface area contributed by atoms with Crippen molar-refractivity contribution in [1.82, 2.24) is 10.6 Å². The summed E-state index contributed by atoms with van der Waals surface area (Å²) in [5, 5.41) is 6.30. The lowest BCUT2D eigenvalue weighted by Gasteiger charge is -2.20. The van der Waals surface area contributed by atoms with E-state index in [1.807, 2.05) is 7.05 Å². The Morgan fingerprint density at radius 2 is 1.45 bits per heavy atom. The van der Waals surface area contributed by atoms with E-state index in [1.54, 1.807) is 6.92 Å². The summed E-state index contributed by atoms with van der Waals surface area (Å²) in [6, 6.07) is -0.196. The number of hydrogen-bond acceptors (Lipinski definition) is 4. The average molecular weight is 284 g/mol. The van der Waals surface area contributed by atoms with Gasteiger partial charge in [0.25, 0.3) is 0 Å². The van der Waals surface area contributed by atoms with E-state index in [-0.39, 0.29) is 23.7 Å². The van der Waals surface area contributed by atoms with Gasteiger partial charge >= 0.3 is 0 Å². The Morgan fingerprint density at radius 3 is 1.85 bits per heavy atom. The molecule has 0 aliphatic rings. The first-order chi connectivity index (χ1) is 9.27. The van der Waals surface area contributed by atoms with Crippen molar-refractivity contribution in [3.63, 3.8) is 0 Å². The highest BCUT2D eigenvalue weighted by Gasteiger charge is 2.19. The summed E-state index contributed by atoms with van der Waals surface area (Å²) in [7, 11) is 1.83. The van der Waals surface area contributed by atoms with Gasteiger partial charge in [-0.3, -0.25) is 9.59 Å². The summed E-state index contributed by atoms with van der Waals surface area (Å²) in [4.78, 5) is 23.6. The molecule has 0 unspecified atom stereocenters. The van der Waals surface area contributed by atoms with Crippen molar-refractivity contribution >= 4 is 11.6 Å². The molecule has 0 aromatic carbocycles. The highest BCUT2D eigenvalue weighted by Crippen LogP contribution is 2.08. The first-order valence-electron chi connectivity index (χ1n) is 7.71. The number of carbonyl (C=O) groups excluding carboxylic acids is 2. The first-order valence-corrected chi connectivity index (χ1v) is 7.71. The van der Waals surface area contributed by atoms with E-state index in [2.05, 4.69) is 38.3 Å². The van der Waals surface area contributed by atoms with Crippen LogP contribution in [0, 0.1) is 11.8 Å². The van der Waals surface area contributed by atoms with Crippen LogP contribution in [0.4, 0.5) is 0 Å². The second-order valence-corrected chi connectivity index (χ2v) is 6.43. The highest BCUT2D eigenvalue weighted by molar-refractivity contribution is 5.84. The van der Waals surface area contributed by atoms with E-state index >= 15 is 0 Å². The van der Waals surface area contributed by atoms with Crippen LogP contribution in [0.25, 0.3) is 0 Å². The summed E-state index contributed by atoms with van der Waals surface area (Å²) in [5.41, 5.74) is 0. The van der Waals surface area contributed by atoms with Gasteiger partial charge in [0.05, 0.1) is 12.1 Å². The van der Waals surface area contributed by atoms with Crippen molar-refractivity contribution in [2.75, 3.05) is 13.6 Å². The monoisotopic (exact) mass is 284 g/mol. The highest BCUT2D eigenvalue weighted by atomic mass is 16.1. The van der Waals surface area contributed by atoms with Crippen molar-refractivity contribution < 1.29 is 9.59 Å². The van der Waals surface area contributed by atoms with Gasteiger partial charge < -0.3 is 10.6 Å². The van der Waals surface area contributed by atoms with Crippen LogP contribution in [0.3, 0.4) is 0 Å². The van der Waals surface area contributed by atoms with E-state index in [0.717, 1.165) is 12.8 Å². The quantitative estimate of drug-likeness (QED) is 0.610. The lowest BCUT2D eigenvalue weighted by molar-refractivity contribution is -0.122. The molecule has 0 fully saturated rings. The van der Waals surface area contributed by atoms with Crippen LogP contribution < -0.4 is 10.6 Å². The summed E-state index contributed by atoms with van der Waals surface area (Å²) in [6.45, 7) is 10.6. The largest absolute Gasteiger partial charge is 0.311 e. The Kier molecular flexibility index (Phi) is 9.68. The van der Waals surface area contributed by atoms with Gasteiger partial charge in [-0.25, -0.2) is 0 Å². The van der Waals surface area contributed by atoms with Gasteiger partial charge in [0.15, 0.2) is 5.78 Å². The molecule has 0 bridgehead atoms. The number of likely N-dealkylation sites (N-methyl/N-ethyl adjacent to an activating group) is 1. The van der Waals surface area contributed by atoms with Crippen LogP contribution in [0.15, 0.2) is 0 Å². The number of rotatable bonds is 11.